The van der Waals surface area contributed by atoms with Crippen molar-refractivity contribution in [3.05, 3.63) is 28.8 Å². The van der Waals surface area contributed by atoms with Crippen molar-refractivity contribution in [2.75, 3.05) is 7.11 Å². The van der Waals surface area contributed by atoms with E-state index in [0.29, 0.717) is 5.02 Å². The van der Waals surface area contributed by atoms with Crippen LogP contribution in [-0.2, 0) is 6.54 Å². The van der Waals surface area contributed by atoms with Crippen LogP contribution in [0.1, 0.15) is 26.3 Å². The summed E-state index contributed by atoms with van der Waals surface area (Å²) < 4.78 is 5.16. The Bertz CT molecular complexity index is 331. The summed E-state index contributed by atoms with van der Waals surface area (Å²) in [7, 11) is 1.63. The molecule has 0 saturated carbocycles. The normalized spacial score (nSPS) is 11.5. The largest absolute Gasteiger partial charge is 0.495 e. The standard InChI is InChI=1S/C12H18ClNO/c1-12(2,3)14-8-9-5-6-10(13)11(7-9)15-4/h5-7,14H,8H2,1-4H3. The van der Waals surface area contributed by atoms with Gasteiger partial charge in [-0.25, -0.2) is 0 Å². The molecule has 15 heavy (non-hydrogen) atoms. The van der Waals surface area contributed by atoms with Gasteiger partial charge in [-0.1, -0.05) is 17.7 Å². The van der Waals surface area contributed by atoms with Crippen molar-refractivity contribution < 1.29 is 4.74 Å². The smallest absolute Gasteiger partial charge is 0.137 e. The van der Waals surface area contributed by atoms with Crippen molar-refractivity contribution in [1.29, 1.82) is 0 Å². The van der Waals surface area contributed by atoms with Crippen LogP contribution in [0.5, 0.6) is 5.75 Å². The van der Waals surface area contributed by atoms with Gasteiger partial charge in [-0.2, -0.15) is 0 Å². The second-order valence-electron chi connectivity index (χ2n) is 4.57. The quantitative estimate of drug-likeness (QED) is 0.856. The van der Waals surface area contributed by atoms with Gasteiger partial charge in [0.2, 0.25) is 0 Å². The molecule has 1 rings (SSSR count). The molecule has 0 bridgehead atoms. The van der Waals surface area contributed by atoms with Crippen LogP contribution >= 0.6 is 11.6 Å². The van der Waals surface area contributed by atoms with Gasteiger partial charge in [-0.15, -0.1) is 0 Å². The summed E-state index contributed by atoms with van der Waals surface area (Å²) in [6.07, 6.45) is 0. The summed E-state index contributed by atoms with van der Waals surface area (Å²) in [6.45, 7) is 7.23. The molecule has 0 aliphatic rings. The van der Waals surface area contributed by atoms with Gasteiger partial charge >= 0.3 is 0 Å². The maximum absolute atomic E-state index is 5.94. The molecule has 0 atom stereocenters. The summed E-state index contributed by atoms with van der Waals surface area (Å²) in [5, 5.41) is 4.06. The number of hydrogen-bond acceptors (Lipinski definition) is 2. The molecular formula is C12H18ClNO. The molecule has 3 heteroatoms. The van der Waals surface area contributed by atoms with Crippen molar-refractivity contribution in [2.45, 2.75) is 32.9 Å². The predicted molar refractivity (Wildman–Crippen MR) is 64.6 cm³/mol. The minimum Gasteiger partial charge on any atom is -0.495 e. The predicted octanol–water partition coefficient (Wildman–Crippen LogP) is 3.24. The van der Waals surface area contributed by atoms with E-state index >= 15 is 0 Å². The molecule has 0 amide bonds. The number of rotatable bonds is 3. The van der Waals surface area contributed by atoms with Crippen molar-refractivity contribution >= 4 is 11.6 Å². The van der Waals surface area contributed by atoms with Gasteiger partial charge in [0.15, 0.2) is 0 Å². The van der Waals surface area contributed by atoms with Gasteiger partial charge < -0.3 is 10.1 Å². The lowest BCUT2D eigenvalue weighted by atomic mass is 10.1. The van der Waals surface area contributed by atoms with Crippen molar-refractivity contribution in [3.63, 3.8) is 0 Å². The highest BCUT2D eigenvalue weighted by molar-refractivity contribution is 6.32. The molecule has 2 nitrogen and oxygen atoms in total. The molecule has 1 N–H and O–H groups in total. The Morgan fingerprint density at radius 3 is 2.53 bits per heavy atom. The van der Waals surface area contributed by atoms with Crippen LogP contribution in [0.4, 0.5) is 0 Å². The van der Waals surface area contributed by atoms with Gasteiger partial charge in [0.25, 0.3) is 0 Å². The summed E-state index contributed by atoms with van der Waals surface area (Å²) in [5.74, 6) is 0.727. The Morgan fingerprint density at radius 1 is 1.33 bits per heavy atom. The fraction of sp³-hybridized carbons (Fsp3) is 0.500. The average molecular weight is 228 g/mol. The van der Waals surface area contributed by atoms with E-state index in [0.717, 1.165) is 12.3 Å². The summed E-state index contributed by atoms with van der Waals surface area (Å²) in [5.41, 5.74) is 1.29. The van der Waals surface area contributed by atoms with E-state index in [1.165, 1.54) is 5.56 Å². The first-order chi connectivity index (χ1) is 6.92. The molecule has 0 radical (unpaired) electrons. The maximum atomic E-state index is 5.94. The third-order valence-corrected chi connectivity index (χ3v) is 2.35. The van der Waals surface area contributed by atoms with E-state index in [4.69, 9.17) is 16.3 Å². The van der Waals surface area contributed by atoms with E-state index in [2.05, 4.69) is 26.1 Å². The lowest BCUT2D eigenvalue weighted by Crippen LogP contribution is -2.35. The van der Waals surface area contributed by atoms with Crippen LogP contribution in [0.3, 0.4) is 0 Å². The van der Waals surface area contributed by atoms with E-state index in [-0.39, 0.29) is 5.54 Å². The highest BCUT2D eigenvalue weighted by Gasteiger charge is 2.09. The van der Waals surface area contributed by atoms with E-state index < -0.39 is 0 Å². The summed E-state index contributed by atoms with van der Waals surface area (Å²) in [4.78, 5) is 0. The van der Waals surface area contributed by atoms with Gasteiger partial charge in [-0.05, 0) is 38.5 Å². The van der Waals surface area contributed by atoms with Crippen molar-refractivity contribution in [2.24, 2.45) is 0 Å². The molecule has 1 aromatic carbocycles. The number of ether oxygens (including phenoxy) is 1. The Kier molecular flexibility index (Phi) is 4.00. The molecule has 1 aromatic rings. The fourth-order valence-electron chi connectivity index (χ4n) is 1.18. The topological polar surface area (TPSA) is 21.3 Å². The van der Waals surface area contributed by atoms with E-state index in [1.807, 2.05) is 18.2 Å². The number of halogens is 1. The zero-order chi connectivity index (χ0) is 11.5. The molecular weight excluding hydrogens is 210 g/mol. The lowest BCUT2D eigenvalue weighted by molar-refractivity contribution is 0.409. The molecule has 0 saturated heterocycles. The Labute approximate surface area is 96.6 Å². The molecule has 0 aromatic heterocycles. The monoisotopic (exact) mass is 227 g/mol. The Hall–Kier alpha value is -0.730. The lowest BCUT2D eigenvalue weighted by Gasteiger charge is -2.20. The Morgan fingerprint density at radius 2 is 2.00 bits per heavy atom. The van der Waals surface area contributed by atoms with Crippen LogP contribution < -0.4 is 10.1 Å². The van der Waals surface area contributed by atoms with Gasteiger partial charge in [0.05, 0.1) is 12.1 Å². The average Bonchev–Trinajstić information content (AvgIpc) is 2.15. The van der Waals surface area contributed by atoms with Crippen LogP contribution in [0, 0.1) is 0 Å². The number of methoxy groups -OCH3 is 1. The second-order valence-corrected chi connectivity index (χ2v) is 4.98. The minimum absolute atomic E-state index is 0.118. The van der Waals surface area contributed by atoms with Gasteiger partial charge in [-0.3, -0.25) is 0 Å². The third kappa shape index (κ3) is 4.10. The summed E-state index contributed by atoms with van der Waals surface area (Å²) >= 11 is 5.94. The molecule has 0 aliphatic carbocycles. The van der Waals surface area contributed by atoms with Crippen LogP contribution in [-0.4, -0.2) is 12.6 Å². The first-order valence-corrected chi connectivity index (χ1v) is 5.37. The van der Waals surface area contributed by atoms with Gasteiger partial charge in [0, 0.05) is 12.1 Å². The third-order valence-electron chi connectivity index (χ3n) is 2.04. The fourth-order valence-corrected chi connectivity index (χ4v) is 1.38. The van der Waals surface area contributed by atoms with Crippen LogP contribution in [0.15, 0.2) is 18.2 Å². The van der Waals surface area contributed by atoms with Crippen molar-refractivity contribution in [3.8, 4) is 5.75 Å². The first-order valence-electron chi connectivity index (χ1n) is 5.00. The maximum Gasteiger partial charge on any atom is 0.137 e. The highest BCUT2D eigenvalue weighted by Crippen LogP contribution is 2.25. The zero-order valence-electron chi connectivity index (χ0n) is 9.73. The molecule has 84 valence electrons. The van der Waals surface area contributed by atoms with E-state index in [1.54, 1.807) is 7.11 Å². The van der Waals surface area contributed by atoms with Crippen molar-refractivity contribution in [1.82, 2.24) is 5.32 Å². The zero-order valence-corrected chi connectivity index (χ0v) is 10.5. The highest BCUT2D eigenvalue weighted by atomic mass is 35.5. The number of benzene rings is 1. The molecule has 0 aliphatic heterocycles. The molecule has 0 spiro atoms. The minimum atomic E-state index is 0.118. The molecule has 0 fully saturated rings. The van der Waals surface area contributed by atoms with Crippen LogP contribution in [0.25, 0.3) is 0 Å². The van der Waals surface area contributed by atoms with E-state index in [9.17, 15) is 0 Å². The summed E-state index contributed by atoms with van der Waals surface area (Å²) in [6, 6.07) is 5.82. The molecule has 0 heterocycles. The molecule has 0 unspecified atom stereocenters. The second kappa shape index (κ2) is 4.86. The SMILES string of the molecule is COc1cc(CNC(C)(C)C)ccc1Cl. The van der Waals surface area contributed by atoms with Gasteiger partial charge in [0.1, 0.15) is 5.75 Å². The number of nitrogens with one attached hydrogen (secondary N) is 1. The number of hydrogen-bond donors (Lipinski definition) is 1. The Balaban J connectivity index is 2.70. The first kappa shape index (κ1) is 12.3. The van der Waals surface area contributed by atoms with Crippen LogP contribution in [0.2, 0.25) is 5.02 Å².